The normalized spacial score (nSPS) is 15.4. The van der Waals surface area contributed by atoms with Gasteiger partial charge in [0.2, 0.25) is 0 Å². The summed E-state index contributed by atoms with van der Waals surface area (Å²) in [5.41, 5.74) is -0.973. The van der Waals surface area contributed by atoms with Gasteiger partial charge in [-0.25, -0.2) is 0 Å². The summed E-state index contributed by atoms with van der Waals surface area (Å²) in [6.07, 6.45) is 0. The largest absolute Gasteiger partial charge is 0.809 e. The van der Waals surface area contributed by atoms with E-state index in [2.05, 4.69) is 0 Å². The van der Waals surface area contributed by atoms with Gasteiger partial charge in [-0.1, -0.05) is 55.4 Å². The Morgan fingerprint density at radius 3 is 1.04 bits per heavy atom. The highest BCUT2D eigenvalue weighted by Gasteiger charge is 2.55. The molecule has 0 aromatic heterocycles. The molecule has 0 amide bonds. The lowest BCUT2D eigenvalue weighted by molar-refractivity contribution is -0.348. The molecule has 0 spiro atoms. The van der Waals surface area contributed by atoms with Crippen molar-refractivity contribution in [1.82, 2.24) is 4.90 Å². The zero-order valence-electron chi connectivity index (χ0n) is 16.1. The van der Waals surface area contributed by atoms with E-state index in [1.807, 2.05) is 41.5 Å². The molecule has 0 aromatic rings. The molecule has 0 heterocycles. The molecule has 7 nitrogen and oxygen atoms in total. The highest BCUT2D eigenvalue weighted by atomic mass is 31.2. The number of rotatable bonds is 8. The summed E-state index contributed by atoms with van der Waals surface area (Å²) in [6.45, 7) is 13.6. The summed E-state index contributed by atoms with van der Waals surface area (Å²) in [7, 11) is -10.4. The zero-order valence-corrected chi connectivity index (χ0v) is 17.9. The fourth-order valence-electron chi connectivity index (χ4n) is 4.98. The summed E-state index contributed by atoms with van der Waals surface area (Å²) in [5.74, 6) is -1.80. The van der Waals surface area contributed by atoms with Crippen LogP contribution in [0.15, 0.2) is 0 Å². The van der Waals surface area contributed by atoms with Gasteiger partial charge in [0.25, 0.3) is 0 Å². The molecular formula is C15H31NO6P2-4. The topological polar surface area (TPSA) is 130 Å². The van der Waals surface area contributed by atoms with Gasteiger partial charge in [0.05, 0.1) is 5.02 Å². The molecule has 0 bridgehead atoms. The van der Waals surface area contributed by atoms with Crippen molar-refractivity contribution in [3.63, 3.8) is 0 Å². The molecule has 0 aliphatic heterocycles. The predicted molar refractivity (Wildman–Crippen MR) is 87.8 cm³/mol. The van der Waals surface area contributed by atoms with E-state index in [-0.39, 0.29) is 17.8 Å². The minimum atomic E-state index is -5.82. The Kier molecular flexibility index (Phi) is 7.56. The van der Waals surface area contributed by atoms with Crippen LogP contribution in [0.5, 0.6) is 0 Å². The lowest BCUT2D eigenvalue weighted by atomic mass is 9.68. The van der Waals surface area contributed by atoms with Gasteiger partial charge in [0.1, 0.15) is 0 Å². The maximum Gasteiger partial charge on any atom is 0.0782 e. The molecule has 0 aliphatic rings. The average Bonchev–Trinajstić information content (AvgIpc) is 2.22. The van der Waals surface area contributed by atoms with Crippen LogP contribution in [0, 0.1) is 23.7 Å². The van der Waals surface area contributed by atoms with Crippen molar-refractivity contribution in [3.05, 3.63) is 0 Å². The molecule has 0 unspecified atom stereocenters. The number of hydrogen-bond acceptors (Lipinski definition) is 7. The third-order valence-corrected chi connectivity index (χ3v) is 10.1. The van der Waals surface area contributed by atoms with Gasteiger partial charge in [-0.2, -0.15) is 0 Å². The quantitative estimate of drug-likeness (QED) is 0.566. The van der Waals surface area contributed by atoms with E-state index >= 15 is 0 Å². The van der Waals surface area contributed by atoms with E-state index < -0.39 is 31.7 Å². The van der Waals surface area contributed by atoms with Crippen LogP contribution in [0.3, 0.4) is 0 Å². The molecule has 0 radical (unpaired) electrons. The second-order valence-corrected chi connectivity index (χ2v) is 11.5. The van der Waals surface area contributed by atoms with Crippen molar-refractivity contribution < 1.29 is 28.7 Å². The Hall–Kier alpha value is 0.260. The van der Waals surface area contributed by atoms with Crippen LogP contribution in [0.25, 0.3) is 0 Å². The first-order chi connectivity index (χ1) is 10.4. The second-order valence-electron chi connectivity index (χ2n) is 7.75. The van der Waals surface area contributed by atoms with E-state index in [0.717, 1.165) is 4.90 Å². The van der Waals surface area contributed by atoms with E-state index in [9.17, 15) is 28.7 Å². The lowest BCUT2D eigenvalue weighted by Gasteiger charge is -2.70. The van der Waals surface area contributed by atoms with Crippen LogP contribution in [0.4, 0.5) is 0 Å². The SMILES string of the molecule is CC(C)C(C(C)C)(C(C)C)N(C)C(C(C)C)(P(=O)([O-])[O-])P(=O)([O-])[O-]. The van der Waals surface area contributed by atoms with Crippen molar-refractivity contribution in [2.45, 2.75) is 65.9 Å². The summed E-state index contributed by atoms with van der Waals surface area (Å²) >= 11 is 0. The highest BCUT2D eigenvalue weighted by molar-refractivity contribution is 7.69. The summed E-state index contributed by atoms with van der Waals surface area (Å²) in [6, 6.07) is 0. The van der Waals surface area contributed by atoms with Gasteiger partial charge in [0.15, 0.2) is 0 Å². The van der Waals surface area contributed by atoms with Gasteiger partial charge >= 0.3 is 0 Å². The average molecular weight is 383 g/mol. The third kappa shape index (κ3) is 3.42. The Bertz CT molecular complexity index is 476. The van der Waals surface area contributed by atoms with Gasteiger partial charge in [-0.05, 0) is 45.9 Å². The number of nitrogens with zero attached hydrogens (tertiary/aromatic N) is 1. The second kappa shape index (κ2) is 7.48. The van der Waals surface area contributed by atoms with E-state index in [1.165, 1.54) is 20.9 Å². The minimum Gasteiger partial charge on any atom is -0.809 e. The van der Waals surface area contributed by atoms with Gasteiger partial charge in [-0.3, -0.25) is 4.90 Å². The molecule has 24 heavy (non-hydrogen) atoms. The standard InChI is InChI=1S/C15H35NO6P2/c1-10(2)14(11(3)4,12(5)6)16(9)15(13(7)8,23(17,18)19)24(20,21)22/h10-13H,1-9H3,(H2,17,18,19)(H2,20,21,22)/p-4. The summed E-state index contributed by atoms with van der Waals surface area (Å²) in [5, 5.41) is -3.02. The molecular weight excluding hydrogens is 352 g/mol. The monoisotopic (exact) mass is 383 g/mol. The Morgan fingerprint density at radius 2 is 0.917 bits per heavy atom. The van der Waals surface area contributed by atoms with Crippen molar-refractivity contribution in [1.29, 1.82) is 0 Å². The first kappa shape index (κ1) is 24.3. The fourth-order valence-corrected chi connectivity index (χ4v) is 8.53. The van der Waals surface area contributed by atoms with Crippen LogP contribution in [0.2, 0.25) is 0 Å². The van der Waals surface area contributed by atoms with Crippen LogP contribution < -0.4 is 19.6 Å². The Labute approximate surface area is 146 Å². The first-order valence-electron chi connectivity index (χ1n) is 8.21. The molecule has 146 valence electrons. The zero-order chi connectivity index (χ0) is 19.9. The molecule has 0 rings (SSSR count). The van der Waals surface area contributed by atoms with E-state index in [4.69, 9.17) is 0 Å². The van der Waals surface area contributed by atoms with Gasteiger partial charge in [0, 0.05) is 5.54 Å². The van der Waals surface area contributed by atoms with Crippen molar-refractivity contribution >= 4 is 15.2 Å². The van der Waals surface area contributed by atoms with E-state index in [1.54, 1.807) is 0 Å². The molecule has 0 saturated carbocycles. The first-order valence-corrected chi connectivity index (χ1v) is 11.3. The highest BCUT2D eigenvalue weighted by Crippen LogP contribution is 2.68. The minimum absolute atomic E-state index is 0.196. The molecule has 0 aromatic carbocycles. The van der Waals surface area contributed by atoms with Crippen LogP contribution in [-0.2, 0) is 9.13 Å². The molecule has 0 N–H and O–H groups in total. The van der Waals surface area contributed by atoms with Crippen molar-refractivity contribution in [3.8, 4) is 0 Å². The van der Waals surface area contributed by atoms with Crippen LogP contribution in [-0.4, -0.2) is 22.5 Å². The van der Waals surface area contributed by atoms with Gasteiger partial charge < -0.3 is 28.7 Å². The molecule has 0 fully saturated rings. The molecule has 0 aliphatic carbocycles. The maximum atomic E-state index is 12.2. The molecule has 0 saturated heterocycles. The van der Waals surface area contributed by atoms with E-state index in [0.29, 0.717) is 0 Å². The van der Waals surface area contributed by atoms with Crippen LogP contribution in [0.1, 0.15) is 55.4 Å². The van der Waals surface area contributed by atoms with Crippen molar-refractivity contribution in [2.75, 3.05) is 7.05 Å². The predicted octanol–water partition coefficient (Wildman–Crippen LogP) is 0.762. The Balaban J connectivity index is 7.07. The Morgan fingerprint density at radius 1 is 0.667 bits per heavy atom. The van der Waals surface area contributed by atoms with Crippen molar-refractivity contribution in [2.24, 2.45) is 23.7 Å². The lowest BCUT2D eigenvalue weighted by Crippen LogP contribution is -2.70. The number of hydrogen-bond donors (Lipinski definition) is 0. The van der Waals surface area contributed by atoms with Crippen LogP contribution >= 0.6 is 15.2 Å². The third-order valence-electron chi connectivity index (χ3n) is 5.43. The summed E-state index contributed by atoms with van der Waals surface area (Å²) < 4.78 is 24.3. The fraction of sp³-hybridized carbons (Fsp3) is 1.00. The molecule has 0 atom stereocenters. The smallest absolute Gasteiger partial charge is 0.0782 e. The maximum absolute atomic E-state index is 12.2. The van der Waals surface area contributed by atoms with Gasteiger partial charge in [-0.15, -0.1) is 0 Å². The summed E-state index contributed by atoms with van der Waals surface area (Å²) in [4.78, 5) is 49.7. The molecule has 9 heteroatoms.